The highest BCUT2D eigenvalue weighted by Crippen LogP contribution is 2.44. The van der Waals surface area contributed by atoms with Crippen molar-refractivity contribution in [3.8, 4) is 0 Å². The number of anilines is 3. The fourth-order valence-corrected chi connectivity index (χ4v) is 5.64. The van der Waals surface area contributed by atoms with Gasteiger partial charge in [-0.15, -0.1) is 0 Å². The Labute approximate surface area is 229 Å². The maximum absolute atomic E-state index is 13.6. The third kappa shape index (κ3) is 3.42. The van der Waals surface area contributed by atoms with E-state index in [1.165, 1.54) is 0 Å². The monoisotopic (exact) mass is 568 g/mol. The first-order valence-electron chi connectivity index (χ1n) is 12.4. The highest BCUT2D eigenvalue weighted by atomic mass is 79.9. The molecular formula is C29H25BrN6O2. The van der Waals surface area contributed by atoms with E-state index < -0.39 is 0 Å². The maximum atomic E-state index is 13.6. The van der Waals surface area contributed by atoms with Gasteiger partial charge in [0.25, 0.3) is 5.91 Å². The normalized spacial score (nSPS) is 12.7. The molecule has 8 nitrogen and oxygen atoms in total. The van der Waals surface area contributed by atoms with Crippen LogP contribution in [0.5, 0.6) is 0 Å². The SMILES string of the molecule is CCN(CC[n+]1ccn(C)c1)c1ccc(N2C(=O)c3ccc4c(=O)c5nccn5c5ccc2c3c45)cc1.[Br-]. The number of imidazole rings is 2. The second-order valence-electron chi connectivity index (χ2n) is 9.52. The number of aromatic nitrogens is 4. The summed E-state index contributed by atoms with van der Waals surface area (Å²) in [6.45, 7) is 4.81. The summed E-state index contributed by atoms with van der Waals surface area (Å²) >= 11 is 0. The number of aryl methyl sites for hydroxylation is 1. The van der Waals surface area contributed by atoms with Crippen molar-refractivity contribution in [2.75, 3.05) is 22.9 Å². The fraction of sp³-hybridized carbons (Fsp3) is 0.172. The number of rotatable bonds is 6. The van der Waals surface area contributed by atoms with Crippen molar-refractivity contribution in [3.05, 3.63) is 95.4 Å². The van der Waals surface area contributed by atoms with Gasteiger partial charge in [-0.25, -0.2) is 14.1 Å². The van der Waals surface area contributed by atoms with E-state index in [1.807, 2.05) is 46.5 Å². The van der Waals surface area contributed by atoms with Gasteiger partial charge in [-0.1, -0.05) is 0 Å². The molecule has 0 spiro atoms. The lowest BCUT2D eigenvalue weighted by molar-refractivity contribution is -0.693. The average molecular weight is 569 g/mol. The molecule has 1 aliphatic rings. The van der Waals surface area contributed by atoms with Crippen LogP contribution >= 0.6 is 0 Å². The lowest BCUT2D eigenvalue weighted by Gasteiger charge is -2.24. The lowest BCUT2D eigenvalue weighted by Crippen LogP contribution is -3.00. The molecule has 4 heterocycles. The molecule has 6 aromatic rings. The summed E-state index contributed by atoms with van der Waals surface area (Å²) in [5.74, 6) is -0.0804. The lowest BCUT2D eigenvalue weighted by atomic mass is 10.00. The van der Waals surface area contributed by atoms with E-state index in [0.29, 0.717) is 16.6 Å². The molecule has 0 atom stereocenters. The molecule has 7 rings (SSSR count). The van der Waals surface area contributed by atoms with E-state index in [-0.39, 0.29) is 28.3 Å². The van der Waals surface area contributed by atoms with Crippen molar-refractivity contribution >= 4 is 50.3 Å². The number of amides is 1. The molecule has 38 heavy (non-hydrogen) atoms. The Morgan fingerprint density at radius 3 is 2.53 bits per heavy atom. The number of hydrogen-bond acceptors (Lipinski definition) is 4. The predicted octanol–water partition coefficient (Wildman–Crippen LogP) is 0.887. The first-order chi connectivity index (χ1) is 18.0. The summed E-state index contributed by atoms with van der Waals surface area (Å²) in [6.07, 6.45) is 9.62. The number of pyridine rings is 1. The quantitative estimate of drug-likeness (QED) is 0.280. The minimum absolute atomic E-state index is 0. The van der Waals surface area contributed by atoms with Crippen LogP contribution < -0.4 is 36.8 Å². The van der Waals surface area contributed by atoms with Crippen LogP contribution in [0.25, 0.3) is 27.3 Å². The van der Waals surface area contributed by atoms with Crippen LogP contribution in [0.15, 0.2) is 84.4 Å². The molecule has 0 bridgehead atoms. The topological polar surface area (TPSA) is 66.7 Å². The maximum Gasteiger partial charge on any atom is 0.263 e. The Balaban J connectivity index is 0.00000264. The van der Waals surface area contributed by atoms with Gasteiger partial charge in [-0.3, -0.25) is 18.9 Å². The predicted molar refractivity (Wildman–Crippen MR) is 144 cm³/mol. The van der Waals surface area contributed by atoms with Crippen LogP contribution in [0.4, 0.5) is 17.1 Å². The zero-order valence-corrected chi connectivity index (χ0v) is 22.6. The van der Waals surface area contributed by atoms with E-state index in [2.05, 4.69) is 46.0 Å². The third-order valence-corrected chi connectivity index (χ3v) is 7.45. The van der Waals surface area contributed by atoms with Crippen LogP contribution in [0.2, 0.25) is 0 Å². The second-order valence-corrected chi connectivity index (χ2v) is 9.52. The smallest absolute Gasteiger partial charge is 0.263 e. The largest absolute Gasteiger partial charge is 1.00 e. The van der Waals surface area contributed by atoms with Crippen molar-refractivity contribution in [2.24, 2.45) is 7.05 Å². The molecule has 190 valence electrons. The molecule has 3 aromatic heterocycles. The summed E-state index contributed by atoms with van der Waals surface area (Å²) in [7, 11) is 2.02. The fourth-order valence-electron chi connectivity index (χ4n) is 5.64. The Kier molecular flexibility index (Phi) is 5.68. The highest BCUT2D eigenvalue weighted by molar-refractivity contribution is 6.32. The number of likely N-dealkylation sites (N-methyl/N-ethyl adjacent to an activating group) is 1. The van der Waals surface area contributed by atoms with E-state index in [1.54, 1.807) is 29.4 Å². The van der Waals surface area contributed by atoms with E-state index in [4.69, 9.17) is 0 Å². The van der Waals surface area contributed by atoms with E-state index >= 15 is 0 Å². The molecule has 0 fully saturated rings. The molecule has 0 saturated carbocycles. The molecule has 0 radical (unpaired) electrons. The minimum Gasteiger partial charge on any atom is -1.00 e. The van der Waals surface area contributed by atoms with Gasteiger partial charge in [0.15, 0.2) is 5.65 Å². The van der Waals surface area contributed by atoms with Crippen molar-refractivity contribution < 1.29 is 26.3 Å². The van der Waals surface area contributed by atoms with Gasteiger partial charge < -0.3 is 21.9 Å². The number of carbonyl (C=O) groups is 1. The van der Waals surface area contributed by atoms with Gasteiger partial charge in [0.2, 0.25) is 11.8 Å². The number of benzene rings is 3. The number of halogens is 1. The zero-order chi connectivity index (χ0) is 25.3. The minimum atomic E-state index is -0.121. The van der Waals surface area contributed by atoms with Gasteiger partial charge in [0.05, 0.1) is 30.4 Å². The first-order valence-corrected chi connectivity index (χ1v) is 12.4. The van der Waals surface area contributed by atoms with Crippen molar-refractivity contribution in [1.82, 2.24) is 14.0 Å². The second kappa shape index (κ2) is 8.95. The molecule has 0 unspecified atom stereocenters. The first kappa shape index (κ1) is 24.1. The molecule has 0 N–H and O–H groups in total. The number of carbonyl (C=O) groups excluding carboxylic acids is 1. The molecule has 3 aromatic carbocycles. The molecular weight excluding hydrogens is 544 g/mol. The molecule has 1 aliphatic heterocycles. The number of fused-ring (bicyclic) bond motifs is 2. The van der Waals surface area contributed by atoms with Crippen LogP contribution in [0, 0.1) is 0 Å². The Morgan fingerprint density at radius 2 is 1.79 bits per heavy atom. The van der Waals surface area contributed by atoms with Crippen LogP contribution in [0.1, 0.15) is 17.3 Å². The molecule has 1 amide bonds. The van der Waals surface area contributed by atoms with Gasteiger partial charge in [-0.2, -0.15) is 0 Å². The number of hydrogen-bond donors (Lipinski definition) is 0. The van der Waals surface area contributed by atoms with Gasteiger partial charge >= 0.3 is 0 Å². The average Bonchev–Trinajstić information content (AvgIpc) is 3.64. The van der Waals surface area contributed by atoms with Crippen LogP contribution in [0.3, 0.4) is 0 Å². The molecule has 0 aliphatic carbocycles. The van der Waals surface area contributed by atoms with Crippen molar-refractivity contribution in [3.63, 3.8) is 0 Å². The van der Waals surface area contributed by atoms with Crippen molar-refractivity contribution in [2.45, 2.75) is 13.5 Å². The molecule has 0 saturated heterocycles. The Bertz CT molecular complexity index is 1890. The van der Waals surface area contributed by atoms with Gasteiger partial charge in [-0.05, 0) is 55.5 Å². The summed E-state index contributed by atoms with van der Waals surface area (Å²) in [5.41, 5.74) is 4.50. The summed E-state index contributed by atoms with van der Waals surface area (Å²) in [4.78, 5) is 35.1. The Morgan fingerprint density at radius 1 is 0.974 bits per heavy atom. The van der Waals surface area contributed by atoms with Crippen LogP contribution in [-0.2, 0) is 13.6 Å². The van der Waals surface area contributed by atoms with Crippen LogP contribution in [-0.4, -0.2) is 32.9 Å². The summed E-state index contributed by atoms with van der Waals surface area (Å²) in [5, 5.41) is 2.23. The number of nitrogens with zero attached hydrogens (tertiary/aromatic N) is 6. The van der Waals surface area contributed by atoms with E-state index in [9.17, 15) is 9.59 Å². The zero-order valence-electron chi connectivity index (χ0n) is 21.0. The summed E-state index contributed by atoms with van der Waals surface area (Å²) < 4.78 is 6.02. The summed E-state index contributed by atoms with van der Waals surface area (Å²) in [6, 6.07) is 15.6. The Hall–Kier alpha value is -4.24. The van der Waals surface area contributed by atoms with Gasteiger partial charge in [0.1, 0.15) is 18.9 Å². The van der Waals surface area contributed by atoms with E-state index in [0.717, 1.165) is 53.0 Å². The standard InChI is InChI=1S/C29H25N6O2.BrH/c1-3-33(17-16-32-15-14-31(2)18-32)19-4-6-20(7-5-19)35-24-11-10-23-25-21(8-9-22(26(24)25)29(35)37)27(36)28-30-12-13-34(23)28;/h4-15,18H,3,16-17H2,1-2H3;1H/q+1;/p-1. The molecule has 9 heteroatoms. The highest BCUT2D eigenvalue weighted by Gasteiger charge is 2.33. The van der Waals surface area contributed by atoms with Gasteiger partial charge in [0, 0.05) is 46.5 Å². The third-order valence-electron chi connectivity index (χ3n) is 7.45. The van der Waals surface area contributed by atoms with Crippen molar-refractivity contribution in [1.29, 1.82) is 0 Å².